The van der Waals surface area contributed by atoms with Gasteiger partial charge in [0.2, 0.25) is 5.89 Å². The van der Waals surface area contributed by atoms with E-state index in [2.05, 4.69) is 37.1 Å². The van der Waals surface area contributed by atoms with Crippen molar-refractivity contribution in [1.29, 1.82) is 5.26 Å². The molecule has 0 spiro atoms. The molecule has 0 radical (unpaired) electrons. The molecule has 33 heavy (non-hydrogen) atoms. The number of nitrogens with one attached hydrogen (secondary N) is 1. The largest absolute Gasteiger partial charge is 0.447 e. The van der Waals surface area contributed by atoms with E-state index in [1.807, 2.05) is 6.07 Å². The number of fused-ring (bicyclic) bond motifs is 1. The molecule has 1 aliphatic rings. The average Bonchev–Trinajstić information content (AvgIpc) is 3.42. The predicted octanol–water partition coefficient (Wildman–Crippen LogP) is 4.86. The summed E-state index contributed by atoms with van der Waals surface area (Å²) in [4.78, 5) is 15.2. The normalized spacial score (nSPS) is 17.8. The molecule has 8 heteroatoms. The van der Waals surface area contributed by atoms with Gasteiger partial charge in [0.1, 0.15) is 28.9 Å². The molecule has 3 heterocycles. The summed E-state index contributed by atoms with van der Waals surface area (Å²) in [5.74, 6) is 2.11. The molecule has 0 aliphatic heterocycles. The van der Waals surface area contributed by atoms with Gasteiger partial charge in [-0.3, -0.25) is 0 Å². The third-order valence-electron chi connectivity index (χ3n) is 6.25. The van der Waals surface area contributed by atoms with Crippen LogP contribution in [0.3, 0.4) is 0 Å². The Morgan fingerprint density at radius 2 is 2.15 bits per heavy atom. The molecule has 1 atom stereocenters. The van der Waals surface area contributed by atoms with Crippen molar-refractivity contribution in [1.82, 2.24) is 20.3 Å². The Bertz CT molecular complexity index is 1140. The Morgan fingerprint density at radius 3 is 2.94 bits per heavy atom. The van der Waals surface area contributed by atoms with Crippen LogP contribution in [0.4, 0.5) is 5.00 Å². The second-order valence-electron chi connectivity index (χ2n) is 9.39. The van der Waals surface area contributed by atoms with Crippen molar-refractivity contribution >= 4 is 16.3 Å². The summed E-state index contributed by atoms with van der Waals surface area (Å²) in [6, 6.07) is 4.17. The second kappa shape index (κ2) is 10.0. The van der Waals surface area contributed by atoms with E-state index in [0.29, 0.717) is 28.1 Å². The van der Waals surface area contributed by atoms with Gasteiger partial charge < -0.3 is 15.5 Å². The molecule has 3 aromatic heterocycles. The number of nitrogens with zero attached hydrogens (tertiary/aromatic N) is 4. The number of aromatic nitrogens is 3. The van der Waals surface area contributed by atoms with Crippen LogP contribution < -0.4 is 11.1 Å². The fourth-order valence-electron chi connectivity index (χ4n) is 4.54. The average molecular weight is 465 g/mol. The number of hydrogen-bond acceptors (Lipinski definition) is 8. The number of nitrogens with two attached hydrogens (primary N) is 1. The van der Waals surface area contributed by atoms with Gasteiger partial charge in [-0.2, -0.15) is 5.26 Å². The highest BCUT2D eigenvalue weighted by Gasteiger charge is 2.42. The number of unbranched alkanes of at least 4 members (excludes halogenated alkanes) is 1. The number of hydrogen-bond donors (Lipinski definition) is 2. The molecular formula is C25H32N6OS. The highest BCUT2D eigenvalue weighted by molar-refractivity contribution is 7.16. The van der Waals surface area contributed by atoms with Gasteiger partial charge in [-0.05, 0) is 64.1 Å². The van der Waals surface area contributed by atoms with Crippen molar-refractivity contribution in [3.8, 4) is 17.5 Å². The van der Waals surface area contributed by atoms with E-state index < -0.39 is 5.41 Å². The van der Waals surface area contributed by atoms with Gasteiger partial charge in [0, 0.05) is 23.1 Å². The van der Waals surface area contributed by atoms with Crippen LogP contribution in [0.15, 0.2) is 22.9 Å². The lowest BCUT2D eigenvalue weighted by Gasteiger charge is -2.31. The Balaban J connectivity index is 1.49. The van der Waals surface area contributed by atoms with Crippen LogP contribution in [-0.2, 0) is 18.3 Å². The van der Waals surface area contributed by atoms with E-state index in [1.54, 1.807) is 12.5 Å². The molecule has 0 saturated heterocycles. The van der Waals surface area contributed by atoms with E-state index in [0.717, 1.165) is 68.7 Å². The smallest absolute Gasteiger partial charge is 0.205 e. The molecule has 0 unspecified atom stereocenters. The van der Waals surface area contributed by atoms with Gasteiger partial charge in [0.15, 0.2) is 0 Å². The summed E-state index contributed by atoms with van der Waals surface area (Å²) in [5, 5.41) is 13.8. The van der Waals surface area contributed by atoms with E-state index in [-0.39, 0.29) is 0 Å². The standard InChI is InChI=1S/C25H32N6OS/c1-16(2)14-28-11-5-4-8-21-29-12-9-18(30-21)19-15-32-24(31-19)25(3)10-6-7-20-22(25)17(13-26)23(27)33-20/h9,12,15-16,28H,4-8,10-11,14,27H2,1-3H3/t25-/m0/s1. The van der Waals surface area contributed by atoms with Gasteiger partial charge >= 0.3 is 0 Å². The topological polar surface area (TPSA) is 114 Å². The van der Waals surface area contributed by atoms with E-state index in [4.69, 9.17) is 20.1 Å². The summed E-state index contributed by atoms with van der Waals surface area (Å²) in [6.07, 6.45) is 9.24. The zero-order valence-electron chi connectivity index (χ0n) is 19.6. The van der Waals surface area contributed by atoms with Crippen LogP contribution >= 0.6 is 11.3 Å². The van der Waals surface area contributed by atoms with Crippen LogP contribution in [0, 0.1) is 17.2 Å². The maximum Gasteiger partial charge on any atom is 0.205 e. The molecule has 1 aliphatic carbocycles. The molecule has 0 amide bonds. The van der Waals surface area contributed by atoms with Crippen molar-refractivity contribution in [3.05, 3.63) is 46.2 Å². The van der Waals surface area contributed by atoms with Gasteiger partial charge in [0.25, 0.3) is 0 Å². The molecule has 174 valence electrons. The lowest BCUT2D eigenvalue weighted by molar-refractivity contribution is 0.353. The number of thiophene rings is 1. The highest BCUT2D eigenvalue weighted by Crippen LogP contribution is 2.48. The Kier molecular flexibility index (Phi) is 7.11. The number of aryl methyl sites for hydroxylation is 2. The van der Waals surface area contributed by atoms with Gasteiger partial charge in [-0.1, -0.05) is 13.8 Å². The maximum atomic E-state index is 9.70. The molecule has 4 rings (SSSR count). The maximum absolute atomic E-state index is 9.70. The summed E-state index contributed by atoms with van der Waals surface area (Å²) >= 11 is 1.52. The third-order valence-corrected chi connectivity index (χ3v) is 7.33. The van der Waals surface area contributed by atoms with Crippen LogP contribution in [-0.4, -0.2) is 28.0 Å². The zero-order valence-corrected chi connectivity index (χ0v) is 20.5. The first kappa shape index (κ1) is 23.4. The first-order chi connectivity index (χ1) is 15.9. The quantitative estimate of drug-likeness (QED) is 0.435. The van der Waals surface area contributed by atoms with Crippen molar-refractivity contribution in [2.75, 3.05) is 18.8 Å². The first-order valence-electron chi connectivity index (χ1n) is 11.7. The number of rotatable bonds is 9. The van der Waals surface area contributed by atoms with Crippen LogP contribution in [0.2, 0.25) is 0 Å². The van der Waals surface area contributed by atoms with E-state index in [1.165, 1.54) is 16.2 Å². The zero-order chi connectivity index (χ0) is 23.4. The lowest BCUT2D eigenvalue weighted by atomic mass is 9.72. The van der Waals surface area contributed by atoms with Crippen molar-refractivity contribution in [2.45, 2.75) is 64.7 Å². The summed E-state index contributed by atoms with van der Waals surface area (Å²) in [6.45, 7) is 8.60. The molecule has 0 aromatic carbocycles. The Labute approximate surface area is 199 Å². The van der Waals surface area contributed by atoms with E-state index in [9.17, 15) is 5.26 Å². The number of nitrogen functional groups attached to an aromatic ring is 1. The minimum Gasteiger partial charge on any atom is -0.447 e. The molecule has 3 aromatic rings. The molecule has 7 nitrogen and oxygen atoms in total. The molecular weight excluding hydrogens is 432 g/mol. The van der Waals surface area contributed by atoms with Gasteiger partial charge in [-0.15, -0.1) is 11.3 Å². The minimum atomic E-state index is -0.468. The second-order valence-corrected chi connectivity index (χ2v) is 10.5. The molecule has 0 fully saturated rings. The van der Waals surface area contributed by atoms with Gasteiger partial charge in [0.05, 0.1) is 16.7 Å². The number of oxazole rings is 1. The summed E-state index contributed by atoms with van der Waals surface area (Å²) < 4.78 is 5.99. The first-order valence-corrected chi connectivity index (χ1v) is 12.5. The van der Waals surface area contributed by atoms with Crippen molar-refractivity contribution in [3.63, 3.8) is 0 Å². The fourth-order valence-corrected chi connectivity index (χ4v) is 5.73. The summed E-state index contributed by atoms with van der Waals surface area (Å²) in [7, 11) is 0. The number of nitriles is 1. The highest BCUT2D eigenvalue weighted by atomic mass is 32.1. The molecule has 0 bridgehead atoms. The SMILES string of the molecule is CC(C)CNCCCCc1nccc(-c2coc([C@@]3(C)CCCc4sc(N)c(C#N)c43)n2)n1. The van der Waals surface area contributed by atoms with Crippen molar-refractivity contribution < 1.29 is 4.42 Å². The minimum absolute atomic E-state index is 0.468. The third kappa shape index (κ3) is 4.94. The number of anilines is 1. The van der Waals surface area contributed by atoms with E-state index >= 15 is 0 Å². The van der Waals surface area contributed by atoms with Crippen LogP contribution in [0.5, 0.6) is 0 Å². The molecule has 3 N–H and O–H groups in total. The lowest BCUT2D eigenvalue weighted by Crippen LogP contribution is -2.29. The predicted molar refractivity (Wildman–Crippen MR) is 131 cm³/mol. The monoisotopic (exact) mass is 464 g/mol. The van der Waals surface area contributed by atoms with Crippen molar-refractivity contribution in [2.24, 2.45) is 5.92 Å². The van der Waals surface area contributed by atoms with Crippen LogP contribution in [0.25, 0.3) is 11.4 Å². The summed E-state index contributed by atoms with van der Waals surface area (Å²) in [5.41, 5.74) is 8.70. The molecule has 0 saturated carbocycles. The Morgan fingerprint density at radius 1 is 1.30 bits per heavy atom. The van der Waals surface area contributed by atoms with Crippen LogP contribution in [0.1, 0.15) is 74.2 Å². The fraction of sp³-hybridized carbons (Fsp3) is 0.520. The Hall–Kier alpha value is -2.76. The van der Waals surface area contributed by atoms with Gasteiger partial charge in [-0.25, -0.2) is 15.0 Å².